The maximum Gasteiger partial charge on any atom is 0.155 e. The molecule has 3 nitrogen and oxygen atoms in total. The quantitative estimate of drug-likeness (QED) is 0.842. The average Bonchev–Trinajstić information content (AvgIpc) is 2.98. The number of nitrogens with zero attached hydrogens (tertiary/aromatic N) is 2. The molecule has 0 spiro atoms. The second-order valence-electron chi connectivity index (χ2n) is 4.43. The smallest absolute Gasteiger partial charge is 0.155 e. The van der Waals surface area contributed by atoms with Crippen molar-refractivity contribution < 1.29 is 9.13 Å². The molecule has 0 aromatic heterocycles. The fraction of sp³-hybridized carbons (Fsp3) is 0.125. The first kappa shape index (κ1) is 12.5. The second-order valence-corrected chi connectivity index (χ2v) is 4.43. The number of halogens is 1. The molecule has 1 aliphatic heterocycles. The van der Waals surface area contributed by atoms with Gasteiger partial charge in [-0.2, -0.15) is 0 Å². The Morgan fingerprint density at radius 3 is 2.25 bits per heavy atom. The van der Waals surface area contributed by atoms with E-state index in [0.29, 0.717) is 12.4 Å². The average molecular weight is 268 g/mol. The van der Waals surface area contributed by atoms with Gasteiger partial charge in [0.2, 0.25) is 0 Å². The van der Waals surface area contributed by atoms with Crippen molar-refractivity contribution in [2.75, 3.05) is 13.7 Å². The zero-order valence-electron chi connectivity index (χ0n) is 11.0. The van der Waals surface area contributed by atoms with Crippen LogP contribution >= 0.6 is 0 Å². The highest BCUT2D eigenvalue weighted by molar-refractivity contribution is 6.17. The summed E-state index contributed by atoms with van der Waals surface area (Å²) in [6.07, 6.45) is 0. The van der Waals surface area contributed by atoms with Gasteiger partial charge in [-0.1, -0.05) is 12.1 Å². The second kappa shape index (κ2) is 5.25. The molecule has 20 heavy (non-hydrogen) atoms. The molecule has 0 radical (unpaired) electrons. The lowest BCUT2D eigenvalue weighted by Crippen LogP contribution is -2.01. The topological polar surface area (TPSA) is 34.0 Å². The van der Waals surface area contributed by atoms with Crippen molar-refractivity contribution in [1.29, 1.82) is 0 Å². The Kier molecular flexibility index (Phi) is 3.29. The van der Waals surface area contributed by atoms with Gasteiger partial charge in [-0.3, -0.25) is 4.99 Å². The molecule has 2 aromatic rings. The molecular weight excluding hydrogens is 255 g/mol. The molecule has 0 atom stereocenters. The summed E-state index contributed by atoms with van der Waals surface area (Å²) in [5.41, 5.74) is 2.71. The van der Waals surface area contributed by atoms with Crippen molar-refractivity contribution in [3.05, 3.63) is 65.5 Å². The van der Waals surface area contributed by atoms with Gasteiger partial charge in [-0.15, -0.1) is 0 Å². The van der Waals surface area contributed by atoms with Crippen molar-refractivity contribution >= 4 is 11.5 Å². The number of methoxy groups -OCH3 is 1. The van der Waals surface area contributed by atoms with E-state index in [2.05, 4.69) is 9.98 Å². The summed E-state index contributed by atoms with van der Waals surface area (Å²) in [4.78, 5) is 8.94. The lowest BCUT2D eigenvalue weighted by atomic mass is 10.1. The monoisotopic (exact) mass is 268 g/mol. The van der Waals surface area contributed by atoms with Crippen molar-refractivity contribution in [3.8, 4) is 5.75 Å². The highest BCUT2D eigenvalue weighted by Gasteiger charge is 2.13. The number of benzene rings is 2. The van der Waals surface area contributed by atoms with Crippen LogP contribution in [-0.2, 0) is 0 Å². The Labute approximate surface area is 116 Å². The molecule has 0 N–H and O–H groups in total. The van der Waals surface area contributed by atoms with E-state index in [1.807, 2.05) is 24.3 Å². The summed E-state index contributed by atoms with van der Waals surface area (Å²) >= 11 is 0. The summed E-state index contributed by atoms with van der Waals surface area (Å²) in [6, 6.07) is 13.9. The van der Waals surface area contributed by atoms with Crippen LogP contribution in [-0.4, -0.2) is 25.2 Å². The van der Waals surface area contributed by atoms with Gasteiger partial charge in [0.15, 0.2) is 5.84 Å². The van der Waals surface area contributed by atoms with Gasteiger partial charge in [0.05, 0.1) is 19.4 Å². The largest absolute Gasteiger partial charge is 0.497 e. The van der Waals surface area contributed by atoms with E-state index in [1.54, 1.807) is 19.2 Å². The summed E-state index contributed by atoms with van der Waals surface area (Å²) in [5, 5.41) is 0. The third-order valence-corrected chi connectivity index (χ3v) is 3.15. The third kappa shape index (κ3) is 2.45. The molecule has 2 aromatic carbocycles. The minimum absolute atomic E-state index is 0.247. The van der Waals surface area contributed by atoms with E-state index in [4.69, 9.17) is 4.74 Å². The van der Waals surface area contributed by atoms with Gasteiger partial charge in [-0.05, 0) is 42.0 Å². The molecule has 4 heteroatoms. The van der Waals surface area contributed by atoms with Gasteiger partial charge in [0.25, 0.3) is 0 Å². The van der Waals surface area contributed by atoms with Crippen LogP contribution in [0.25, 0.3) is 0 Å². The van der Waals surface area contributed by atoms with E-state index in [1.165, 1.54) is 12.1 Å². The molecule has 1 aliphatic rings. The zero-order valence-corrected chi connectivity index (χ0v) is 11.0. The molecule has 0 saturated carbocycles. The highest BCUT2D eigenvalue weighted by atomic mass is 19.1. The molecule has 0 saturated heterocycles. The highest BCUT2D eigenvalue weighted by Crippen LogP contribution is 2.16. The molecule has 0 bridgehead atoms. The minimum Gasteiger partial charge on any atom is -0.497 e. The van der Waals surface area contributed by atoms with E-state index in [9.17, 15) is 4.39 Å². The molecule has 0 amide bonds. The molecule has 1 heterocycles. The van der Waals surface area contributed by atoms with Crippen LogP contribution in [0.3, 0.4) is 0 Å². The lowest BCUT2D eigenvalue weighted by molar-refractivity contribution is 0.415. The molecule has 0 unspecified atom stereocenters. The predicted octanol–water partition coefficient (Wildman–Crippen LogP) is 3.08. The lowest BCUT2D eigenvalue weighted by Gasteiger charge is -2.01. The fourth-order valence-electron chi connectivity index (χ4n) is 2.04. The fourth-order valence-corrected chi connectivity index (χ4v) is 2.04. The van der Waals surface area contributed by atoms with Crippen molar-refractivity contribution in [2.45, 2.75) is 0 Å². The first-order chi connectivity index (χ1) is 9.76. The van der Waals surface area contributed by atoms with E-state index < -0.39 is 0 Å². The number of ether oxygens (including phenoxy) is 1. The van der Waals surface area contributed by atoms with Crippen LogP contribution in [0.5, 0.6) is 5.75 Å². The zero-order chi connectivity index (χ0) is 13.9. The van der Waals surface area contributed by atoms with Gasteiger partial charge in [0, 0.05) is 5.56 Å². The maximum absolute atomic E-state index is 12.9. The van der Waals surface area contributed by atoms with E-state index in [0.717, 1.165) is 22.6 Å². The Bertz CT molecular complexity index is 673. The Hall–Kier alpha value is -2.49. The number of hydrogen-bond acceptors (Lipinski definition) is 3. The molecule has 100 valence electrons. The van der Waals surface area contributed by atoms with Gasteiger partial charge in [0.1, 0.15) is 11.6 Å². The van der Waals surface area contributed by atoms with Crippen LogP contribution < -0.4 is 4.74 Å². The first-order valence-corrected chi connectivity index (χ1v) is 6.28. The van der Waals surface area contributed by atoms with Crippen molar-refractivity contribution in [3.63, 3.8) is 0 Å². The van der Waals surface area contributed by atoms with Crippen molar-refractivity contribution in [1.82, 2.24) is 0 Å². The Balaban J connectivity index is 1.84. The SMILES string of the molecule is COc1ccc(C2=NCC(c3ccc(F)cc3)=N2)cc1. The Morgan fingerprint density at radius 2 is 1.60 bits per heavy atom. The summed E-state index contributed by atoms with van der Waals surface area (Å²) in [5.74, 6) is 1.26. The standard InChI is InChI=1S/C16H13FN2O/c1-20-14-8-4-12(5-9-14)16-18-10-15(19-16)11-2-6-13(17)7-3-11/h2-9H,10H2,1H3. The number of aliphatic imine (C=N–C) groups is 2. The Morgan fingerprint density at radius 1 is 0.950 bits per heavy atom. The molecule has 3 rings (SSSR count). The number of hydrogen-bond donors (Lipinski definition) is 0. The van der Waals surface area contributed by atoms with E-state index in [-0.39, 0.29) is 5.82 Å². The van der Waals surface area contributed by atoms with Gasteiger partial charge >= 0.3 is 0 Å². The summed E-state index contributed by atoms with van der Waals surface area (Å²) < 4.78 is 18.0. The normalized spacial score (nSPS) is 13.9. The molecular formula is C16H13FN2O. The van der Waals surface area contributed by atoms with Crippen LogP contribution in [0.15, 0.2) is 58.5 Å². The molecule has 0 aliphatic carbocycles. The van der Waals surface area contributed by atoms with Gasteiger partial charge in [-0.25, -0.2) is 9.38 Å². The summed E-state index contributed by atoms with van der Waals surface area (Å²) in [7, 11) is 1.63. The molecule has 0 fully saturated rings. The minimum atomic E-state index is -0.247. The van der Waals surface area contributed by atoms with Crippen LogP contribution in [0.2, 0.25) is 0 Å². The maximum atomic E-state index is 12.9. The number of amidine groups is 1. The summed E-state index contributed by atoms with van der Waals surface area (Å²) in [6.45, 7) is 0.521. The van der Waals surface area contributed by atoms with Gasteiger partial charge < -0.3 is 4.74 Å². The number of rotatable bonds is 3. The third-order valence-electron chi connectivity index (χ3n) is 3.15. The van der Waals surface area contributed by atoms with Crippen LogP contribution in [0.1, 0.15) is 11.1 Å². The first-order valence-electron chi connectivity index (χ1n) is 6.28. The van der Waals surface area contributed by atoms with Crippen molar-refractivity contribution in [2.24, 2.45) is 9.98 Å². The van der Waals surface area contributed by atoms with E-state index >= 15 is 0 Å². The van der Waals surface area contributed by atoms with Crippen LogP contribution in [0, 0.1) is 5.82 Å². The van der Waals surface area contributed by atoms with Crippen LogP contribution in [0.4, 0.5) is 4.39 Å². The predicted molar refractivity (Wildman–Crippen MR) is 77.3 cm³/mol.